The van der Waals surface area contributed by atoms with Crippen molar-refractivity contribution in [3.63, 3.8) is 0 Å². The van der Waals surface area contributed by atoms with E-state index in [1.165, 1.54) is 12.2 Å². The fraction of sp³-hybridized carbons (Fsp3) is 0.226. The van der Waals surface area contributed by atoms with Crippen molar-refractivity contribution in [3.8, 4) is 28.5 Å². The fourth-order valence-electron chi connectivity index (χ4n) is 5.57. The summed E-state index contributed by atoms with van der Waals surface area (Å²) in [5.41, 5.74) is 9.71. The van der Waals surface area contributed by atoms with Gasteiger partial charge in [0.1, 0.15) is 5.82 Å². The minimum atomic E-state index is 0.553. The van der Waals surface area contributed by atoms with Gasteiger partial charge in [0.15, 0.2) is 5.82 Å². The van der Waals surface area contributed by atoms with E-state index in [0.29, 0.717) is 25.0 Å². The van der Waals surface area contributed by atoms with Gasteiger partial charge in [-0.1, -0.05) is 48.5 Å². The second-order valence-electron chi connectivity index (χ2n) is 10.2. The van der Waals surface area contributed by atoms with E-state index in [1.807, 2.05) is 25.1 Å². The van der Waals surface area contributed by atoms with E-state index in [4.69, 9.17) is 9.72 Å². The summed E-state index contributed by atoms with van der Waals surface area (Å²) >= 11 is 0. The van der Waals surface area contributed by atoms with Crippen LogP contribution in [0.5, 0.6) is 6.01 Å². The summed E-state index contributed by atoms with van der Waals surface area (Å²) in [6, 6.07) is 21.8. The van der Waals surface area contributed by atoms with Gasteiger partial charge in [-0.25, -0.2) is 5.10 Å². The van der Waals surface area contributed by atoms with Crippen LogP contribution in [0.1, 0.15) is 36.5 Å². The minimum absolute atomic E-state index is 0.553. The van der Waals surface area contributed by atoms with Gasteiger partial charge in [-0.3, -0.25) is 4.57 Å². The molecule has 0 saturated heterocycles. The van der Waals surface area contributed by atoms with E-state index >= 15 is 0 Å². The molecule has 9 heteroatoms. The Morgan fingerprint density at radius 2 is 1.85 bits per heavy atom. The average Bonchev–Trinajstić information content (AvgIpc) is 3.74. The molecule has 3 aromatic carbocycles. The molecule has 2 aliphatic rings. The highest BCUT2D eigenvalue weighted by atomic mass is 16.5. The predicted molar refractivity (Wildman–Crippen MR) is 155 cm³/mol. The van der Waals surface area contributed by atoms with Crippen LogP contribution in [0.3, 0.4) is 0 Å². The van der Waals surface area contributed by atoms with Gasteiger partial charge >= 0.3 is 0 Å². The molecule has 2 aliphatic heterocycles. The molecule has 0 bridgehead atoms. The third-order valence-corrected chi connectivity index (χ3v) is 7.53. The number of benzene rings is 3. The zero-order valence-corrected chi connectivity index (χ0v) is 22.6. The van der Waals surface area contributed by atoms with Crippen molar-refractivity contribution in [2.75, 3.05) is 13.2 Å². The van der Waals surface area contributed by atoms with Gasteiger partial charge in [0.25, 0.3) is 6.01 Å². The molecule has 0 radical (unpaired) electrons. The van der Waals surface area contributed by atoms with Gasteiger partial charge < -0.3 is 15.0 Å². The number of H-pyrrole nitrogens is 1. The summed E-state index contributed by atoms with van der Waals surface area (Å²) in [5.74, 6) is 1.83. The van der Waals surface area contributed by atoms with Crippen molar-refractivity contribution in [3.05, 3.63) is 95.5 Å². The number of fused-ring (bicyclic) bond motifs is 2. The first-order valence-corrected chi connectivity index (χ1v) is 13.7. The lowest BCUT2D eigenvalue weighted by Crippen LogP contribution is -2.23. The summed E-state index contributed by atoms with van der Waals surface area (Å²) in [5, 5.41) is 18.1. The second kappa shape index (κ2) is 10.00. The van der Waals surface area contributed by atoms with E-state index < -0.39 is 0 Å². The fourth-order valence-corrected chi connectivity index (χ4v) is 5.57. The Balaban J connectivity index is 1.24. The van der Waals surface area contributed by atoms with Crippen LogP contribution >= 0.6 is 0 Å². The summed E-state index contributed by atoms with van der Waals surface area (Å²) in [7, 11) is 0. The lowest BCUT2D eigenvalue weighted by Gasteiger charge is -2.21. The normalized spacial score (nSPS) is 14.6. The lowest BCUT2D eigenvalue weighted by molar-refractivity contribution is 0.301. The highest BCUT2D eigenvalue weighted by Crippen LogP contribution is 2.33. The van der Waals surface area contributed by atoms with Crippen molar-refractivity contribution in [2.24, 2.45) is 0 Å². The number of nitrogens with zero attached hydrogens (tertiary/aromatic N) is 6. The molecule has 9 nitrogen and oxygen atoms in total. The molecule has 7 rings (SSSR count). The number of imidazole rings is 1. The average molecular weight is 531 g/mol. The largest absolute Gasteiger partial charge is 0.465 e. The molecule has 5 aromatic rings. The van der Waals surface area contributed by atoms with Crippen molar-refractivity contribution >= 4 is 16.7 Å². The molecule has 0 amide bonds. The predicted octanol–water partition coefficient (Wildman–Crippen LogP) is 5.48. The maximum Gasteiger partial charge on any atom is 0.297 e. The zero-order chi connectivity index (χ0) is 27.1. The molecule has 4 heterocycles. The monoisotopic (exact) mass is 530 g/mol. The number of aromatic amines is 1. The molecule has 2 N–H and O–H groups in total. The number of hydrogen-bond acceptors (Lipinski definition) is 7. The summed E-state index contributed by atoms with van der Waals surface area (Å²) in [4.78, 5) is 7.21. The SMILES string of the molecule is CCOc1nc2c(C)cc(C3=CN4CCCC=C4N3)cc2n1Cc1ccc(-c2ccccc2-c2nnn[nH]2)cc1. The van der Waals surface area contributed by atoms with Gasteiger partial charge in [-0.15, -0.1) is 5.10 Å². The number of allylic oxidation sites excluding steroid dienone is 1. The second-order valence-corrected chi connectivity index (χ2v) is 10.2. The van der Waals surface area contributed by atoms with Crippen LogP contribution < -0.4 is 10.1 Å². The van der Waals surface area contributed by atoms with Crippen molar-refractivity contribution < 1.29 is 4.74 Å². The topological polar surface area (TPSA) is 96.8 Å². The van der Waals surface area contributed by atoms with E-state index in [9.17, 15) is 0 Å². The number of nitrogens with one attached hydrogen (secondary N) is 2. The molecule has 0 unspecified atom stereocenters. The van der Waals surface area contributed by atoms with Crippen LogP contribution in [0, 0.1) is 6.92 Å². The standard InChI is InChI=1S/C31H30N8O/c1-3-40-31-33-29-20(2)16-23(26-19-38-15-7-6-10-28(38)32-26)17-27(29)39(31)18-21-11-13-22(14-12-21)24-8-4-5-9-25(24)30-34-36-37-35-30/h4-5,8-14,16-17,19,32H,3,6-7,15,18H2,1-2H3,(H,34,35,36,37). The Kier molecular flexibility index (Phi) is 6.03. The Hall–Kier alpha value is -4.92. The van der Waals surface area contributed by atoms with E-state index in [0.717, 1.165) is 63.1 Å². The van der Waals surface area contributed by atoms with Crippen LogP contribution in [0.4, 0.5) is 0 Å². The zero-order valence-electron chi connectivity index (χ0n) is 22.6. The van der Waals surface area contributed by atoms with Crippen LogP contribution in [-0.2, 0) is 6.54 Å². The van der Waals surface area contributed by atoms with Crippen LogP contribution in [0.15, 0.2) is 78.8 Å². The van der Waals surface area contributed by atoms with Crippen LogP contribution in [0.2, 0.25) is 0 Å². The quantitative estimate of drug-likeness (QED) is 0.288. The third kappa shape index (κ3) is 4.29. The maximum atomic E-state index is 6.02. The molecule has 2 aromatic heterocycles. The van der Waals surface area contributed by atoms with Gasteiger partial charge in [0, 0.05) is 23.9 Å². The Bertz CT molecular complexity index is 1750. The van der Waals surface area contributed by atoms with E-state index in [-0.39, 0.29) is 0 Å². The molecule has 0 aliphatic carbocycles. The number of aryl methyl sites for hydroxylation is 1. The molecular weight excluding hydrogens is 500 g/mol. The molecule has 0 fully saturated rings. The van der Waals surface area contributed by atoms with Gasteiger partial charge in [0.2, 0.25) is 0 Å². The summed E-state index contributed by atoms with van der Waals surface area (Å²) < 4.78 is 8.21. The lowest BCUT2D eigenvalue weighted by atomic mass is 9.98. The highest BCUT2D eigenvalue weighted by Gasteiger charge is 2.23. The molecule has 0 atom stereocenters. The first kappa shape index (κ1) is 24.1. The van der Waals surface area contributed by atoms with Crippen LogP contribution in [-0.4, -0.2) is 48.2 Å². The third-order valence-electron chi connectivity index (χ3n) is 7.53. The maximum absolute atomic E-state index is 6.02. The Morgan fingerprint density at radius 3 is 2.62 bits per heavy atom. The summed E-state index contributed by atoms with van der Waals surface area (Å²) in [6.07, 6.45) is 6.80. The van der Waals surface area contributed by atoms with Gasteiger partial charge in [-0.2, -0.15) is 4.98 Å². The molecular formula is C31H30N8O. The van der Waals surface area contributed by atoms with Crippen molar-refractivity contribution in [1.82, 2.24) is 40.4 Å². The van der Waals surface area contributed by atoms with E-state index in [1.54, 1.807) is 0 Å². The first-order chi connectivity index (χ1) is 19.7. The highest BCUT2D eigenvalue weighted by molar-refractivity contribution is 5.86. The van der Waals surface area contributed by atoms with Gasteiger partial charge in [-0.05, 0) is 77.6 Å². The Labute approximate surface area is 232 Å². The van der Waals surface area contributed by atoms with Gasteiger partial charge in [0.05, 0.1) is 29.9 Å². The number of ether oxygens (including phenoxy) is 1. The number of tetrazole rings is 1. The van der Waals surface area contributed by atoms with Crippen molar-refractivity contribution in [1.29, 1.82) is 0 Å². The molecule has 0 spiro atoms. The Morgan fingerprint density at radius 1 is 1.00 bits per heavy atom. The molecule has 40 heavy (non-hydrogen) atoms. The number of hydrogen-bond donors (Lipinski definition) is 2. The molecule has 200 valence electrons. The number of rotatable bonds is 7. The smallest absolute Gasteiger partial charge is 0.297 e. The summed E-state index contributed by atoms with van der Waals surface area (Å²) in [6.45, 7) is 6.36. The first-order valence-electron chi connectivity index (χ1n) is 13.7. The molecule has 0 saturated carbocycles. The van der Waals surface area contributed by atoms with Crippen molar-refractivity contribution in [2.45, 2.75) is 33.2 Å². The number of aromatic nitrogens is 6. The van der Waals surface area contributed by atoms with Crippen LogP contribution in [0.25, 0.3) is 39.2 Å². The minimum Gasteiger partial charge on any atom is -0.465 e. The van der Waals surface area contributed by atoms with E-state index in [2.05, 4.69) is 97.1 Å².